The number of hydrogen-bond donors (Lipinski definition) is 0. The van der Waals surface area contributed by atoms with Gasteiger partial charge in [-0.05, 0) is 129 Å². The number of pyridine rings is 1. The number of anilines is 3. The summed E-state index contributed by atoms with van der Waals surface area (Å²) in [6.07, 6.45) is 3.65. The lowest BCUT2D eigenvalue weighted by molar-refractivity contribution is 0.660. The van der Waals surface area contributed by atoms with Gasteiger partial charge in [0.25, 0.3) is 5.70 Å². The van der Waals surface area contributed by atoms with Crippen LogP contribution in [0.2, 0.25) is 0 Å². The minimum absolute atomic E-state index is 0.0965. The maximum Gasteiger partial charge on any atom is 0.263 e. The van der Waals surface area contributed by atoms with E-state index >= 15 is 0 Å². The van der Waals surface area contributed by atoms with E-state index in [1.165, 1.54) is 44.5 Å². The van der Waals surface area contributed by atoms with Crippen molar-refractivity contribution in [2.75, 3.05) is 4.90 Å². The topological polar surface area (TPSA) is 44.3 Å². The van der Waals surface area contributed by atoms with Gasteiger partial charge in [-0.3, -0.25) is 4.98 Å². The van der Waals surface area contributed by atoms with Crippen molar-refractivity contribution < 1.29 is 0 Å². The normalized spacial score (nSPS) is 13.4. The molecule has 0 unspecified atom stereocenters. The van der Waals surface area contributed by atoms with E-state index < -0.39 is 0 Å². The summed E-state index contributed by atoms with van der Waals surface area (Å²) >= 11 is 1.60. The number of fused-ring (bicyclic) bond motifs is 3. The number of thiophene rings is 1. The summed E-state index contributed by atoms with van der Waals surface area (Å²) < 4.78 is 0. The molecule has 0 N–H and O–H groups in total. The first-order valence-corrected chi connectivity index (χ1v) is 13.9. The van der Waals surface area contributed by atoms with Gasteiger partial charge >= 0.3 is 0 Å². The minimum atomic E-state index is -0.259. The highest BCUT2D eigenvalue weighted by Gasteiger charge is 2.39. The van der Waals surface area contributed by atoms with E-state index in [0.29, 0.717) is 0 Å². The van der Waals surface area contributed by atoms with Crippen molar-refractivity contribution in [2.45, 2.75) is 60.8 Å². The lowest BCUT2D eigenvalue weighted by atomic mass is 9.83. The van der Waals surface area contributed by atoms with Gasteiger partial charge in [-0.25, -0.2) is 10.1 Å². The molecule has 0 amide bonds. The second-order valence-corrected chi connectivity index (χ2v) is 12.2. The zero-order valence-electron chi connectivity index (χ0n) is 23.8. The van der Waals surface area contributed by atoms with Crippen LogP contribution in [0.25, 0.3) is 21.5 Å². The Labute approximate surface area is 235 Å². The van der Waals surface area contributed by atoms with Gasteiger partial charge in [-0.2, -0.15) is 0 Å². The maximum atomic E-state index is 9.22. The van der Waals surface area contributed by atoms with Gasteiger partial charge in [0.1, 0.15) is 0 Å². The van der Waals surface area contributed by atoms with Gasteiger partial charge in [-0.15, -0.1) is 11.3 Å². The lowest BCUT2D eigenvalue weighted by Gasteiger charge is -2.29. The van der Waals surface area contributed by atoms with Crippen LogP contribution in [0.4, 0.5) is 17.1 Å². The summed E-state index contributed by atoms with van der Waals surface area (Å²) in [6, 6.07) is 15.4. The van der Waals surface area contributed by atoms with Crippen molar-refractivity contribution in [3.05, 3.63) is 109 Å². The molecule has 4 nitrogen and oxygen atoms in total. The second-order valence-electron chi connectivity index (χ2n) is 11.1. The van der Waals surface area contributed by atoms with Crippen LogP contribution >= 0.6 is 11.3 Å². The van der Waals surface area contributed by atoms with Gasteiger partial charge < -0.3 is 4.90 Å². The fraction of sp³-hybridized carbons (Fsp3) is 0.265. The number of rotatable bonds is 4. The molecule has 2 heterocycles. The van der Waals surface area contributed by atoms with E-state index in [-0.39, 0.29) is 11.1 Å². The Bertz CT molecular complexity index is 1650. The number of aryl methyl sites for hydroxylation is 4. The fourth-order valence-corrected chi connectivity index (χ4v) is 6.72. The molecular formula is C34H32N4S. The molecule has 1 aliphatic rings. The number of hydrogen-bond acceptors (Lipinski definition) is 4. The third kappa shape index (κ3) is 4.34. The number of nitriles is 1. The molecule has 0 bridgehead atoms. The van der Waals surface area contributed by atoms with Crippen LogP contribution in [0, 0.1) is 59.4 Å². The molecule has 2 aromatic carbocycles. The Morgan fingerprint density at radius 1 is 0.872 bits per heavy atom. The lowest BCUT2D eigenvalue weighted by Crippen LogP contribution is -2.17. The van der Waals surface area contributed by atoms with E-state index in [1.807, 2.05) is 12.3 Å². The van der Waals surface area contributed by atoms with Gasteiger partial charge in [0, 0.05) is 21.7 Å². The van der Waals surface area contributed by atoms with Crippen LogP contribution in [0.5, 0.6) is 0 Å². The van der Waals surface area contributed by atoms with Crippen LogP contribution < -0.4 is 4.90 Å². The molecule has 5 heteroatoms. The highest BCUT2D eigenvalue weighted by molar-refractivity contribution is 7.16. The van der Waals surface area contributed by atoms with E-state index in [0.717, 1.165) is 32.5 Å². The SMILES string of the molecule is [C-]#[N+]/C(C#N)=C\c1cc2c(s1)-c1ncc(N(c3cc(C)c(C)c(C)c3)c3cc(C)c(C)c(C)c3)cc1C2(C)C. The minimum Gasteiger partial charge on any atom is -0.309 e. The van der Waals surface area contributed by atoms with Crippen molar-refractivity contribution in [2.24, 2.45) is 0 Å². The first-order valence-electron chi connectivity index (χ1n) is 13.1. The zero-order chi connectivity index (χ0) is 28.2. The number of aromatic nitrogens is 1. The predicted octanol–water partition coefficient (Wildman–Crippen LogP) is 9.55. The third-order valence-electron chi connectivity index (χ3n) is 8.30. The first kappa shape index (κ1) is 26.4. The Kier molecular flexibility index (Phi) is 6.45. The van der Waals surface area contributed by atoms with Gasteiger partial charge in [-0.1, -0.05) is 13.8 Å². The molecule has 0 radical (unpaired) electrons. The van der Waals surface area contributed by atoms with Crippen molar-refractivity contribution in [1.29, 1.82) is 5.26 Å². The molecule has 0 fully saturated rings. The van der Waals surface area contributed by atoms with Gasteiger partial charge in [0.15, 0.2) is 0 Å². The quantitative estimate of drug-likeness (QED) is 0.196. The van der Waals surface area contributed by atoms with Crippen LogP contribution in [-0.2, 0) is 5.41 Å². The Morgan fingerprint density at radius 2 is 1.41 bits per heavy atom. The van der Waals surface area contributed by atoms with Crippen LogP contribution in [0.1, 0.15) is 63.2 Å². The molecule has 2 aromatic heterocycles. The van der Waals surface area contributed by atoms with E-state index in [2.05, 4.69) is 102 Å². The average molecular weight is 529 g/mol. The summed E-state index contributed by atoms with van der Waals surface area (Å²) in [5.41, 5.74) is 14.2. The van der Waals surface area contributed by atoms with E-state index in [1.54, 1.807) is 17.4 Å². The van der Waals surface area contributed by atoms with Crippen molar-refractivity contribution in [3.63, 3.8) is 0 Å². The highest BCUT2D eigenvalue weighted by atomic mass is 32.1. The Morgan fingerprint density at radius 3 is 1.90 bits per heavy atom. The molecule has 4 aromatic rings. The summed E-state index contributed by atoms with van der Waals surface area (Å²) in [7, 11) is 0. The van der Waals surface area contributed by atoms with E-state index in [9.17, 15) is 5.26 Å². The van der Waals surface area contributed by atoms with E-state index in [4.69, 9.17) is 11.6 Å². The summed E-state index contributed by atoms with van der Waals surface area (Å²) in [6.45, 7) is 24.7. The molecule has 0 saturated heterocycles. The molecule has 194 valence electrons. The summed E-state index contributed by atoms with van der Waals surface area (Å²) in [5.74, 6) is 0. The zero-order valence-corrected chi connectivity index (χ0v) is 24.6. The van der Waals surface area contributed by atoms with Crippen LogP contribution in [-0.4, -0.2) is 4.98 Å². The number of benzene rings is 2. The summed E-state index contributed by atoms with van der Waals surface area (Å²) in [4.78, 5) is 12.7. The van der Waals surface area contributed by atoms with Crippen molar-refractivity contribution >= 4 is 34.5 Å². The molecule has 1 aliphatic carbocycles. The Balaban J connectivity index is 1.70. The van der Waals surface area contributed by atoms with Crippen molar-refractivity contribution in [3.8, 4) is 16.6 Å². The van der Waals surface area contributed by atoms with Crippen molar-refractivity contribution in [1.82, 2.24) is 4.98 Å². The molecular weight excluding hydrogens is 496 g/mol. The molecule has 0 spiro atoms. The van der Waals surface area contributed by atoms with Gasteiger partial charge in [0.2, 0.25) is 0 Å². The first-order chi connectivity index (χ1) is 18.5. The average Bonchev–Trinajstić information content (AvgIpc) is 3.41. The number of nitrogens with zero attached hydrogens (tertiary/aromatic N) is 4. The Hall–Kier alpha value is -4.19. The van der Waals surface area contributed by atoms with Crippen LogP contribution in [0.3, 0.4) is 0 Å². The third-order valence-corrected chi connectivity index (χ3v) is 9.39. The van der Waals surface area contributed by atoms with Gasteiger partial charge in [0.05, 0.1) is 35.1 Å². The molecule has 0 saturated carbocycles. The predicted molar refractivity (Wildman–Crippen MR) is 163 cm³/mol. The number of allylic oxidation sites excluding steroid dienone is 1. The fourth-order valence-electron chi connectivity index (χ4n) is 5.46. The van der Waals surface area contributed by atoms with Crippen LogP contribution in [0.15, 0.2) is 48.3 Å². The maximum absolute atomic E-state index is 9.22. The molecule has 39 heavy (non-hydrogen) atoms. The molecule has 5 rings (SSSR count). The summed E-state index contributed by atoms with van der Waals surface area (Å²) in [5, 5.41) is 9.22. The molecule has 0 atom stereocenters. The smallest absolute Gasteiger partial charge is 0.263 e. The largest absolute Gasteiger partial charge is 0.309 e. The monoisotopic (exact) mass is 528 g/mol. The standard InChI is InChI=1S/C34H32N4S/c1-19-10-26(11-20(2)23(19)5)38(27-12-21(3)24(6)22(4)13-27)28-15-30-32(37-18-28)33-31(34(30,7)8)16-29(39-33)14-25(17-35)36-9/h10-16,18H,1-8H3/b25-14-. The second kappa shape index (κ2) is 9.53. The highest BCUT2D eigenvalue weighted by Crippen LogP contribution is 2.53. The molecule has 0 aliphatic heterocycles.